The summed E-state index contributed by atoms with van der Waals surface area (Å²) in [7, 11) is -3.32. The molecule has 0 unspecified atom stereocenters. The highest BCUT2D eigenvalue weighted by atomic mass is 32.2. The summed E-state index contributed by atoms with van der Waals surface area (Å²) >= 11 is 1.31. The molecule has 1 aromatic heterocycles. The molecule has 9 heteroatoms. The zero-order valence-electron chi connectivity index (χ0n) is 16.9. The van der Waals surface area contributed by atoms with E-state index >= 15 is 0 Å². The van der Waals surface area contributed by atoms with Crippen LogP contribution in [0.3, 0.4) is 0 Å². The zero-order valence-corrected chi connectivity index (χ0v) is 18.5. The minimum Gasteiger partial charge on any atom is -0.483 e. The second-order valence-corrected chi connectivity index (χ2v) is 9.63. The molecular weight excluding hydrogens is 422 g/mol. The highest BCUT2D eigenvalue weighted by Crippen LogP contribution is 2.27. The van der Waals surface area contributed by atoms with Crippen molar-refractivity contribution in [2.24, 2.45) is 0 Å². The van der Waals surface area contributed by atoms with Gasteiger partial charge in [0.15, 0.2) is 11.7 Å². The lowest BCUT2D eigenvalue weighted by Gasteiger charge is -2.13. The van der Waals surface area contributed by atoms with E-state index in [1.165, 1.54) is 11.3 Å². The fourth-order valence-electron chi connectivity index (χ4n) is 2.77. The third-order valence-electron chi connectivity index (χ3n) is 4.13. The van der Waals surface area contributed by atoms with Crippen LogP contribution in [0.15, 0.2) is 53.9 Å². The number of rotatable bonds is 8. The van der Waals surface area contributed by atoms with E-state index in [-0.39, 0.29) is 12.5 Å². The van der Waals surface area contributed by atoms with Crippen LogP contribution in [0.25, 0.3) is 11.3 Å². The maximum atomic E-state index is 12.3. The Bertz CT molecular complexity index is 1120. The third kappa shape index (κ3) is 6.04. The van der Waals surface area contributed by atoms with E-state index in [9.17, 15) is 13.2 Å². The number of amides is 1. The first kappa shape index (κ1) is 21.8. The van der Waals surface area contributed by atoms with E-state index in [2.05, 4.69) is 28.9 Å². The topological polar surface area (TPSA) is 97.4 Å². The molecule has 2 N–H and O–H groups in total. The fourth-order valence-corrected chi connectivity index (χ4v) is 4.07. The molecule has 0 atom stereocenters. The lowest BCUT2D eigenvalue weighted by atomic mass is 10.0. The molecule has 0 saturated carbocycles. The first-order valence-corrected chi connectivity index (χ1v) is 12.0. The van der Waals surface area contributed by atoms with Crippen LogP contribution in [-0.2, 0) is 14.8 Å². The van der Waals surface area contributed by atoms with Crippen molar-refractivity contribution in [1.82, 2.24) is 4.98 Å². The smallest absolute Gasteiger partial charge is 0.264 e. The highest BCUT2D eigenvalue weighted by molar-refractivity contribution is 7.92. The number of benzene rings is 2. The van der Waals surface area contributed by atoms with Crippen molar-refractivity contribution in [3.8, 4) is 17.0 Å². The summed E-state index contributed by atoms with van der Waals surface area (Å²) in [4.78, 5) is 16.7. The molecule has 1 amide bonds. The van der Waals surface area contributed by atoms with Crippen molar-refractivity contribution in [2.75, 3.05) is 22.9 Å². The van der Waals surface area contributed by atoms with Gasteiger partial charge in [-0.15, -0.1) is 11.3 Å². The maximum absolute atomic E-state index is 12.3. The van der Waals surface area contributed by atoms with E-state index in [1.807, 2.05) is 29.6 Å². The monoisotopic (exact) mass is 445 g/mol. The molecule has 0 aliphatic rings. The summed E-state index contributed by atoms with van der Waals surface area (Å²) in [5, 5.41) is 5.03. The molecule has 3 rings (SSSR count). The number of ether oxygens (including phenoxy) is 1. The number of hydrogen-bond acceptors (Lipinski definition) is 6. The molecule has 0 bridgehead atoms. The number of aromatic nitrogens is 1. The first-order valence-electron chi connectivity index (χ1n) is 9.26. The molecule has 7 nitrogen and oxygen atoms in total. The molecule has 158 valence electrons. The van der Waals surface area contributed by atoms with Gasteiger partial charge in [0.05, 0.1) is 11.9 Å². The standard InChI is InChI=1S/C21H23N3O4S2/c1-14(2)17-6-4-5-7-19(17)28-12-20(25)23-21-22-18(13-29-21)15-8-10-16(11-9-15)24-30(3,26)27/h4-11,13-14,24H,12H2,1-3H3,(H,22,23,25). The molecule has 0 aliphatic carbocycles. The summed E-state index contributed by atoms with van der Waals surface area (Å²) < 4.78 is 30.7. The molecule has 1 heterocycles. The Balaban J connectivity index is 1.59. The van der Waals surface area contributed by atoms with Gasteiger partial charge in [-0.25, -0.2) is 13.4 Å². The van der Waals surface area contributed by atoms with Gasteiger partial charge in [-0.2, -0.15) is 0 Å². The van der Waals surface area contributed by atoms with Gasteiger partial charge in [-0.3, -0.25) is 14.8 Å². The Kier molecular flexibility index (Phi) is 6.73. The van der Waals surface area contributed by atoms with E-state index in [1.54, 1.807) is 24.3 Å². The van der Waals surface area contributed by atoms with Gasteiger partial charge >= 0.3 is 0 Å². The van der Waals surface area contributed by atoms with Crippen LogP contribution >= 0.6 is 11.3 Å². The van der Waals surface area contributed by atoms with Crippen molar-refractivity contribution in [3.05, 3.63) is 59.5 Å². The van der Waals surface area contributed by atoms with Crippen LogP contribution in [0.4, 0.5) is 10.8 Å². The largest absolute Gasteiger partial charge is 0.483 e. The van der Waals surface area contributed by atoms with Crippen LogP contribution < -0.4 is 14.8 Å². The molecule has 0 radical (unpaired) electrons. The number of nitrogens with one attached hydrogen (secondary N) is 2. The molecule has 2 aromatic carbocycles. The van der Waals surface area contributed by atoms with E-state index in [4.69, 9.17) is 4.74 Å². The van der Waals surface area contributed by atoms with Crippen molar-refractivity contribution in [2.45, 2.75) is 19.8 Å². The Hall–Kier alpha value is -2.91. The highest BCUT2D eigenvalue weighted by Gasteiger charge is 2.12. The fraction of sp³-hybridized carbons (Fsp3) is 0.238. The quantitative estimate of drug-likeness (QED) is 0.538. The van der Waals surface area contributed by atoms with Crippen molar-refractivity contribution >= 4 is 38.1 Å². The number of hydrogen-bond donors (Lipinski definition) is 2. The number of para-hydroxylation sites is 1. The van der Waals surface area contributed by atoms with Gasteiger partial charge in [0.25, 0.3) is 5.91 Å². The van der Waals surface area contributed by atoms with Crippen molar-refractivity contribution in [1.29, 1.82) is 0 Å². The van der Waals surface area contributed by atoms with Crippen LogP contribution in [0, 0.1) is 0 Å². The summed E-state index contributed by atoms with van der Waals surface area (Å²) in [6, 6.07) is 14.5. The number of anilines is 2. The van der Waals surface area contributed by atoms with Crippen LogP contribution in [-0.4, -0.2) is 32.2 Å². The normalized spacial score (nSPS) is 11.3. The lowest BCUT2D eigenvalue weighted by molar-refractivity contribution is -0.118. The molecular formula is C21H23N3O4S2. The van der Waals surface area contributed by atoms with E-state index in [0.717, 1.165) is 17.4 Å². The second kappa shape index (κ2) is 9.27. The van der Waals surface area contributed by atoms with Crippen LogP contribution in [0.1, 0.15) is 25.3 Å². The number of thiazole rings is 1. The molecule has 0 spiro atoms. The number of nitrogens with zero attached hydrogens (tertiary/aromatic N) is 1. The van der Waals surface area contributed by atoms with Gasteiger partial charge in [-0.05, 0) is 29.7 Å². The van der Waals surface area contributed by atoms with Gasteiger partial charge in [0, 0.05) is 16.6 Å². The van der Waals surface area contributed by atoms with Crippen molar-refractivity contribution in [3.63, 3.8) is 0 Å². The average molecular weight is 446 g/mol. The lowest BCUT2D eigenvalue weighted by Crippen LogP contribution is -2.20. The minimum atomic E-state index is -3.32. The Morgan fingerprint density at radius 2 is 1.83 bits per heavy atom. The average Bonchev–Trinajstić information content (AvgIpc) is 3.14. The molecule has 30 heavy (non-hydrogen) atoms. The predicted molar refractivity (Wildman–Crippen MR) is 121 cm³/mol. The molecule has 0 aliphatic heterocycles. The summed E-state index contributed by atoms with van der Waals surface area (Å²) in [6.07, 6.45) is 1.10. The zero-order chi connectivity index (χ0) is 21.7. The van der Waals surface area contributed by atoms with Gasteiger partial charge in [-0.1, -0.05) is 44.2 Å². The summed E-state index contributed by atoms with van der Waals surface area (Å²) in [5.74, 6) is 0.706. The molecule has 0 fully saturated rings. The summed E-state index contributed by atoms with van der Waals surface area (Å²) in [6.45, 7) is 4.04. The number of carbonyl (C=O) groups is 1. The van der Waals surface area contributed by atoms with Crippen LogP contribution in [0.5, 0.6) is 5.75 Å². The third-order valence-corrected chi connectivity index (χ3v) is 5.50. The second-order valence-electron chi connectivity index (χ2n) is 7.02. The molecule has 3 aromatic rings. The Morgan fingerprint density at radius 1 is 1.13 bits per heavy atom. The van der Waals surface area contributed by atoms with Gasteiger partial charge in [0.2, 0.25) is 10.0 Å². The molecule has 0 saturated heterocycles. The summed E-state index contributed by atoms with van der Waals surface area (Å²) in [5.41, 5.74) is 3.03. The predicted octanol–water partition coefficient (Wildman–Crippen LogP) is 4.32. The van der Waals surface area contributed by atoms with Crippen LogP contribution in [0.2, 0.25) is 0 Å². The van der Waals surface area contributed by atoms with E-state index in [0.29, 0.717) is 28.2 Å². The van der Waals surface area contributed by atoms with Gasteiger partial charge in [0.1, 0.15) is 5.75 Å². The van der Waals surface area contributed by atoms with Gasteiger partial charge < -0.3 is 4.74 Å². The first-order chi connectivity index (χ1) is 14.2. The Morgan fingerprint density at radius 3 is 2.50 bits per heavy atom. The maximum Gasteiger partial charge on any atom is 0.264 e. The Labute approximate surface area is 180 Å². The van der Waals surface area contributed by atoms with E-state index < -0.39 is 10.0 Å². The van der Waals surface area contributed by atoms with Crippen molar-refractivity contribution < 1.29 is 17.9 Å². The number of sulfonamides is 1. The number of carbonyl (C=O) groups excluding carboxylic acids is 1. The minimum absolute atomic E-state index is 0.107. The SMILES string of the molecule is CC(C)c1ccccc1OCC(=O)Nc1nc(-c2ccc(NS(C)(=O)=O)cc2)cs1.